The van der Waals surface area contributed by atoms with Crippen molar-refractivity contribution >= 4 is 17.5 Å². The molecule has 3 atom stereocenters. The molecule has 1 N–H and O–H groups in total. The molecule has 0 saturated heterocycles. The molecule has 2 fully saturated rings. The molecule has 26 heavy (non-hydrogen) atoms. The fourth-order valence-electron chi connectivity index (χ4n) is 4.42. The average molecular weight is 371 g/mol. The lowest BCUT2D eigenvalue weighted by atomic mass is 10.0. The van der Waals surface area contributed by atoms with Crippen LogP contribution in [0.25, 0.3) is 0 Å². The Hall–Kier alpha value is -2.07. The number of ether oxygens (including phenoxy) is 1. The summed E-state index contributed by atoms with van der Waals surface area (Å²) in [6.45, 7) is 4.13. The number of aromatic nitrogens is 1. The largest absolute Gasteiger partial charge is 0.474 e. The highest BCUT2D eigenvalue weighted by Crippen LogP contribution is 2.59. The van der Waals surface area contributed by atoms with Gasteiger partial charge in [-0.1, -0.05) is 17.7 Å². The first kappa shape index (κ1) is 17.3. The molecule has 1 heterocycles. The number of nitrogens with zero attached hydrogens (tertiary/aromatic N) is 1. The number of nitrogens with one attached hydrogen (secondary N) is 1. The monoisotopic (exact) mass is 370 g/mol. The summed E-state index contributed by atoms with van der Waals surface area (Å²) in [4.78, 5) is 16.7. The number of carbonyl (C=O) groups excluding carboxylic acids is 1. The van der Waals surface area contributed by atoms with Crippen molar-refractivity contribution < 1.29 is 9.53 Å². The Morgan fingerprint density at radius 3 is 2.58 bits per heavy atom. The van der Waals surface area contributed by atoms with Crippen molar-refractivity contribution in [3.05, 3.63) is 58.7 Å². The topological polar surface area (TPSA) is 51.2 Å². The molecule has 2 aliphatic rings. The lowest BCUT2D eigenvalue weighted by molar-refractivity contribution is 0.0930. The molecule has 1 aromatic carbocycles. The van der Waals surface area contributed by atoms with Gasteiger partial charge in [0.05, 0.1) is 0 Å². The number of rotatable bonds is 5. The van der Waals surface area contributed by atoms with Crippen molar-refractivity contribution in [3.8, 4) is 5.88 Å². The Morgan fingerprint density at radius 1 is 1.23 bits per heavy atom. The van der Waals surface area contributed by atoms with Crippen LogP contribution in [0.2, 0.25) is 5.02 Å². The van der Waals surface area contributed by atoms with Gasteiger partial charge < -0.3 is 10.1 Å². The first-order chi connectivity index (χ1) is 12.5. The molecule has 0 unspecified atom stereocenters. The molecular formula is C21H23ClN2O2. The number of amides is 1. The van der Waals surface area contributed by atoms with Gasteiger partial charge in [-0.2, -0.15) is 0 Å². The third kappa shape index (κ3) is 3.43. The standard InChI is InChI=1S/C21H23ClN2O2/c1-12-4-3-9-23-21(12)26-16-10-17-18(11-16)19(17)13(2)24-20(25)14-5-7-15(22)8-6-14/h3-9,13,16-19H,10-11H2,1-2H3,(H,24,25)/t13-,16?,17-,18-,19?/m1/s1. The van der Waals surface area contributed by atoms with Crippen LogP contribution in [0.15, 0.2) is 42.6 Å². The Bertz CT molecular complexity index is 796. The fourth-order valence-corrected chi connectivity index (χ4v) is 4.55. The van der Waals surface area contributed by atoms with Gasteiger partial charge in [-0.3, -0.25) is 4.79 Å². The zero-order chi connectivity index (χ0) is 18.3. The van der Waals surface area contributed by atoms with Gasteiger partial charge in [0, 0.05) is 28.4 Å². The van der Waals surface area contributed by atoms with E-state index in [2.05, 4.69) is 17.2 Å². The molecular weight excluding hydrogens is 348 g/mol. The zero-order valence-electron chi connectivity index (χ0n) is 15.0. The number of aryl methyl sites for hydroxylation is 1. The van der Waals surface area contributed by atoms with Crippen molar-refractivity contribution in [1.82, 2.24) is 10.3 Å². The minimum atomic E-state index is -0.0314. The summed E-state index contributed by atoms with van der Waals surface area (Å²) >= 11 is 5.88. The van der Waals surface area contributed by atoms with E-state index in [0.717, 1.165) is 24.3 Å². The molecule has 2 aromatic rings. The third-order valence-corrected chi connectivity index (χ3v) is 6.00. The molecule has 4 nitrogen and oxygen atoms in total. The number of hydrogen-bond acceptors (Lipinski definition) is 3. The SMILES string of the molecule is Cc1cccnc1OC1C[C@H]2C([C@@H](C)NC(=O)c3ccc(Cl)cc3)[C@@H]2C1. The van der Waals surface area contributed by atoms with Crippen molar-refractivity contribution in [3.63, 3.8) is 0 Å². The van der Waals surface area contributed by atoms with E-state index < -0.39 is 0 Å². The van der Waals surface area contributed by atoms with Crippen LogP contribution in [0.5, 0.6) is 5.88 Å². The molecule has 0 spiro atoms. The zero-order valence-corrected chi connectivity index (χ0v) is 15.7. The van der Waals surface area contributed by atoms with E-state index in [1.165, 1.54) is 0 Å². The smallest absolute Gasteiger partial charge is 0.251 e. The van der Waals surface area contributed by atoms with Gasteiger partial charge >= 0.3 is 0 Å². The van der Waals surface area contributed by atoms with E-state index in [9.17, 15) is 4.79 Å². The number of carbonyl (C=O) groups is 1. The van der Waals surface area contributed by atoms with Gasteiger partial charge in [-0.05, 0) is 74.8 Å². The maximum absolute atomic E-state index is 12.4. The lowest BCUT2D eigenvalue weighted by Crippen LogP contribution is -2.36. The summed E-state index contributed by atoms with van der Waals surface area (Å²) in [5, 5.41) is 3.78. The summed E-state index contributed by atoms with van der Waals surface area (Å²) in [5.74, 6) is 2.56. The van der Waals surface area contributed by atoms with Crippen LogP contribution in [0.1, 0.15) is 35.7 Å². The van der Waals surface area contributed by atoms with Gasteiger partial charge in [0.15, 0.2) is 0 Å². The minimum absolute atomic E-state index is 0.0314. The third-order valence-electron chi connectivity index (χ3n) is 5.75. The van der Waals surface area contributed by atoms with Crippen molar-refractivity contribution in [2.24, 2.45) is 17.8 Å². The Kier molecular flexibility index (Phi) is 4.62. The molecule has 136 valence electrons. The molecule has 0 aliphatic heterocycles. The van der Waals surface area contributed by atoms with Gasteiger partial charge in [0.2, 0.25) is 5.88 Å². The van der Waals surface area contributed by atoms with Crippen LogP contribution in [0, 0.1) is 24.7 Å². The van der Waals surface area contributed by atoms with E-state index in [1.807, 2.05) is 19.1 Å². The first-order valence-corrected chi connectivity index (χ1v) is 9.55. The predicted molar refractivity (Wildman–Crippen MR) is 101 cm³/mol. The molecule has 0 bridgehead atoms. The van der Waals surface area contributed by atoms with E-state index >= 15 is 0 Å². The number of pyridine rings is 1. The van der Waals surface area contributed by atoms with Crippen molar-refractivity contribution in [1.29, 1.82) is 0 Å². The number of fused-ring (bicyclic) bond motifs is 1. The molecule has 4 rings (SSSR count). The molecule has 1 aromatic heterocycles. The van der Waals surface area contributed by atoms with Crippen molar-refractivity contribution in [2.45, 2.75) is 38.8 Å². The lowest BCUT2D eigenvalue weighted by Gasteiger charge is -2.20. The summed E-state index contributed by atoms with van der Waals surface area (Å²) in [6.07, 6.45) is 4.11. The second kappa shape index (κ2) is 6.92. The summed E-state index contributed by atoms with van der Waals surface area (Å²) in [6, 6.07) is 11.1. The highest BCUT2D eigenvalue weighted by molar-refractivity contribution is 6.30. The Labute approximate surface area is 158 Å². The Balaban J connectivity index is 1.29. The van der Waals surface area contributed by atoms with E-state index in [0.29, 0.717) is 28.3 Å². The number of halogens is 1. The van der Waals surface area contributed by atoms with Crippen LogP contribution in [0.4, 0.5) is 0 Å². The molecule has 5 heteroatoms. The van der Waals surface area contributed by atoms with E-state index in [4.69, 9.17) is 16.3 Å². The molecule has 0 radical (unpaired) electrons. The number of hydrogen-bond donors (Lipinski definition) is 1. The second-order valence-corrected chi connectivity index (χ2v) is 7.95. The van der Waals surface area contributed by atoms with Crippen LogP contribution in [0.3, 0.4) is 0 Å². The first-order valence-electron chi connectivity index (χ1n) is 9.17. The highest BCUT2D eigenvalue weighted by atomic mass is 35.5. The van der Waals surface area contributed by atoms with Gasteiger partial charge in [0.25, 0.3) is 5.91 Å². The van der Waals surface area contributed by atoms with Gasteiger partial charge in [0.1, 0.15) is 6.10 Å². The number of benzene rings is 1. The Morgan fingerprint density at radius 2 is 1.92 bits per heavy atom. The maximum Gasteiger partial charge on any atom is 0.251 e. The predicted octanol–water partition coefficient (Wildman–Crippen LogP) is 4.27. The van der Waals surface area contributed by atoms with Gasteiger partial charge in [-0.15, -0.1) is 0 Å². The maximum atomic E-state index is 12.4. The minimum Gasteiger partial charge on any atom is -0.474 e. The van der Waals surface area contributed by atoms with E-state index in [1.54, 1.807) is 30.5 Å². The summed E-state index contributed by atoms with van der Waals surface area (Å²) < 4.78 is 6.09. The summed E-state index contributed by atoms with van der Waals surface area (Å²) in [7, 11) is 0. The molecule has 1 amide bonds. The highest BCUT2D eigenvalue weighted by Gasteiger charge is 2.58. The van der Waals surface area contributed by atoms with Gasteiger partial charge in [-0.25, -0.2) is 4.98 Å². The van der Waals surface area contributed by atoms with Crippen LogP contribution >= 0.6 is 11.6 Å². The average Bonchev–Trinajstić information content (AvgIpc) is 3.13. The van der Waals surface area contributed by atoms with Crippen LogP contribution in [-0.4, -0.2) is 23.0 Å². The van der Waals surface area contributed by atoms with Crippen LogP contribution < -0.4 is 10.1 Å². The normalized spacial score (nSPS) is 25.4. The van der Waals surface area contributed by atoms with Crippen molar-refractivity contribution in [2.75, 3.05) is 0 Å². The second-order valence-electron chi connectivity index (χ2n) is 7.51. The summed E-state index contributed by atoms with van der Waals surface area (Å²) in [5.41, 5.74) is 1.73. The van der Waals surface area contributed by atoms with Crippen LogP contribution in [-0.2, 0) is 0 Å². The fraction of sp³-hybridized carbons (Fsp3) is 0.429. The molecule has 2 saturated carbocycles. The quantitative estimate of drug-likeness (QED) is 0.855. The van der Waals surface area contributed by atoms with E-state index in [-0.39, 0.29) is 18.1 Å². The molecule has 2 aliphatic carbocycles.